The number of rotatable bonds is 7. The van der Waals surface area contributed by atoms with E-state index in [1.54, 1.807) is 40.1 Å². The monoisotopic (exact) mass is 689 g/mol. The number of anilines is 1. The van der Waals surface area contributed by atoms with E-state index < -0.39 is 12.0 Å². The van der Waals surface area contributed by atoms with Gasteiger partial charge in [0, 0.05) is 59.7 Å². The third-order valence-electron chi connectivity index (χ3n) is 8.84. The summed E-state index contributed by atoms with van der Waals surface area (Å²) in [5, 5.41) is 2.59. The molecule has 1 aliphatic heterocycles. The molecule has 2 aliphatic rings. The predicted octanol–water partition coefficient (Wildman–Crippen LogP) is 6.05. The number of nitrogens with zero attached hydrogens (tertiary/aromatic N) is 4. The highest BCUT2D eigenvalue weighted by Gasteiger charge is 2.49. The van der Waals surface area contributed by atoms with Gasteiger partial charge >= 0.3 is 0 Å². The lowest BCUT2D eigenvalue weighted by molar-refractivity contribution is -0.0864. The maximum atomic E-state index is 14.5. The summed E-state index contributed by atoms with van der Waals surface area (Å²) >= 11 is 3.49. The Hall–Kier alpha value is -4.38. The van der Waals surface area contributed by atoms with Crippen LogP contribution in [0.4, 0.5) is 14.7 Å². The molecule has 2 heterocycles. The number of halogens is 3. The molecule has 1 aromatic heterocycles. The molecule has 4 aromatic rings. The van der Waals surface area contributed by atoms with Crippen LogP contribution >= 0.6 is 15.9 Å². The Balaban J connectivity index is 1.48. The topological polar surface area (TPSA) is 87.5 Å². The van der Waals surface area contributed by atoms with Gasteiger partial charge in [0.05, 0.1) is 17.9 Å². The molecule has 1 N–H and O–H groups in total. The Bertz CT molecular complexity index is 1850. The van der Waals surface area contributed by atoms with Gasteiger partial charge in [0.25, 0.3) is 23.3 Å². The third-order valence-corrected chi connectivity index (χ3v) is 9.73. The summed E-state index contributed by atoms with van der Waals surface area (Å²) in [6.45, 7) is 4.17. The lowest BCUT2D eigenvalue weighted by Gasteiger charge is -2.44. The fourth-order valence-corrected chi connectivity index (χ4v) is 6.43. The van der Waals surface area contributed by atoms with Gasteiger partial charge in [0.15, 0.2) is 0 Å². The van der Waals surface area contributed by atoms with Crippen LogP contribution in [0.3, 0.4) is 0 Å². The first-order valence-electron chi connectivity index (χ1n) is 15.2. The fourth-order valence-electron chi connectivity index (χ4n) is 6.19. The maximum Gasteiger partial charge on any atom is 0.263 e. The summed E-state index contributed by atoms with van der Waals surface area (Å²) in [7, 11) is 1.54. The molecular formula is C35H34BrF2N5O3. The molecule has 0 saturated heterocycles. The van der Waals surface area contributed by atoms with Crippen molar-refractivity contribution in [2.45, 2.75) is 64.2 Å². The van der Waals surface area contributed by atoms with E-state index in [1.165, 1.54) is 11.6 Å². The van der Waals surface area contributed by atoms with Crippen LogP contribution in [0, 0.1) is 6.92 Å². The van der Waals surface area contributed by atoms with Gasteiger partial charge in [-0.05, 0) is 73.9 Å². The molecule has 0 spiro atoms. The van der Waals surface area contributed by atoms with Crippen molar-refractivity contribution in [1.29, 1.82) is 0 Å². The molecule has 3 aromatic carbocycles. The highest BCUT2D eigenvalue weighted by atomic mass is 79.9. The quantitative estimate of drug-likeness (QED) is 0.255. The lowest BCUT2D eigenvalue weighted by Crippen LogP contribution is -2.53. The van der Waals surface area contributed by atoms with Gasteiger partial charge in [-0.1, -0.05) is 46.3 Å². The van der Waals surface area contributed by atoms with Crippen molar-refractivity contribution in [3.8, 4) is 5.69 Å². The fraction of sp³-hybridized carbons (Fsp3) is 0.314. The van der Waals surface area contributed by atoms with Crippen molar-refractivity contribution in [1.82, 2.24) is 19.8 Å². The van der Waals surface area contributed by atoms with Gasteiger partial charge in [-0.3, -0.25) is 14.4 Å². The van der Waals surface area contributed by atoms with Gasteiger partial charge in [-0.25, -0.2) is 18.3 Å². The van der Waals surface area contributed by atoms with E-state index in [1.807, 2.05) is 56.3 Å². The number of hydrogen-bond donors (Lipinski definition) is 1. The first kappa shape index (κ1) is 31.6. The molecule has 1 atom stereocenters. The summed E-state index contributed by atoms with van der Waals surface area (Å²) in [4.78, 5) is 49.0. The second kappa shape index (κ2) is 12.4. The molecule has 1 saturated carbocycles. The smallest absolute Gasteiger partial charge is 0.263 e. The van der Waals surface area contributed by atoms with Gasteiger partial charge in [-0.2, -0.15) is 0 Å². The molecule has 1 fully saturated rings. The average Bonchev–Trinajstić information content (AvgIpc) is 3.03. The molecule has 2 amide bonds. The number of benzene rings is 3. The number of hydrogen-bond acceptors (Lipinski definition) is 5. The predicted molar refractivity (Wildman–Crippen MR) is 176 cm³/mol. The number of carbonyl (C=O) groups excluding carboxylic acids is 2. The van der Waals surface area contributed by atoms with Crippen molar-refractivity contribution >= 4 is 33.7 Å². The molecule has 238 valence electrons. The molecule has 0 unspecified atom stereocenters. The Morgan fingerprint density at radius 1 is 1.04 bits per heavy atom. The summed E-state index contributed by atoms with van der Waals surface area (Å²) in [5.41, 5.74) is 3.81. The van der Waals surface area contributed by atoms with Gasteiger partial charge in [-0.15, -0.1) is 0 Å². The van der Waals surface area contributed by atoms with Crippen LogP contribution in [0.2, 0.25) is 0 Å². The van der Waals surface area contributed by atoms with Crippen molar-refractivity contribution in [2.24, 2.45) is 0 Å². The minimum Gasteiger partial charge on any atom is -0.355 e. The largest absolute Gasteiger partial charge is 0.355 e. The number of alkyl halides is 2. The van der Waals surface area contributed by atoms with Crippen LogP contribution in [0.5, 0.6) is 0 Å². The zero-order valence-corrected chi connectivity index (χ0v) is 27.4. The first-order valence-corrected chi connectivity index (χ1v) is 16.0. The van der Waals surface area contributed by atoms with Crippen LogP contribution in [0.15, 0.2) is 82.1 Å². The third kappa shape index (κ3) is 6.08. The Morgan fingerprint density at radius 3 is 2.35 bits per heavy atom. The zero-order chi connectivity index (χ0) is 32.7. The van der Waals surface area contributed by atoms with Crippen molar-refractivity contribution in [3.05, 3.63) is 121 Å². The number of amides is 2. The van der Waals surface area contributed by atoms with E-state index in [0.29, 0.717) is 28.1 Å². The lowest BCUT2D eigenvalue weighted by atomic mass is 9.86. The van der Waals surface area contributed by atoms with Gasteiger partial charge < -0.3 is 15.1 Å². The van der Waals surface area contributed by atoms with E-state index >= 15 is 0 Å². The first-order chi connectivity index (χ1) is 22.0. The van der Waals surface area contributed by atoms with E-state index in [0.717, 1.165) is 15.6 Å². The van der Waals surface area contributed by atoms with E-state index in [-0.39, 0.29) is 61.7 Å². The van der Waals surface area contributed by atoms with E-state index in [2.05, 4.69) is 21.2 Å². The van der Waals surface area contributed by atoms with Gasteiger partial charge in [0.2, 0.25) is 5.95 Å². The van der Waals surface area contributed by atoms with Crippen LogP contribution in [-0.4, -0.2) is 51.3 Å². The Kier molecular flexibility index (Phi) is 8.54. The minimum atomic E-state index is -2.81. The summed E-state index contributed by atoms with van der Waals surface area (Å²) in [5.74, 6) is -3.03. The normalized spacial score (nSPS) is 17.2. The highest BCUT2D eigenvalue weighted by molar-refractivity contribution is 9.10. The summed E-state index contributed by atoms with van der Waals surface area (Å²) in [6, 6.07) is 20.6. The van der Waals surface area contributed by atoms with Crippen molar-refractivity contribution in [3.63, 3.8) is 0 Å². The van der Waals surface area contributed by atoms with Crippen LogP contribution in [0.1, 0.15) is 62.9 Å². The maximum absolute atomic E-state index is 14.5. The second-order valence-electron chi connectivity index (χ2n) is 12.1. The molecule has 46 heavy (non-hydrogen) atoms. The molecule has 0 radical (unpaired) electrons. The molecule has 8 nitrogen and oxygen atoms in total. The second-order valence-corrected chi connectivity index (χ2v) is 12.9. The summed E-state index contributed by atoms with van der Waals surface area (Å²) in [6.07, 6.45) is -0.459. The highest BCUT2D eigenvalue weighted by Crippen LogP contribution is 2.42. The summed E-state index contributed by atoms with van der Waals surface area (Å²) < 4.78 is 31.0. The SMILES string of the molecule is CNC(=O)c1ccc(-n2c(N(Cc3ccccc3)C3CC(F)(F)C3)nc3c(c2=O)C[C@H](C)N(C(=O)c2ccc(Br)c(C)c2)C3)cc1. The number of carbonyl (C=O) groups is 2. The average molecular weight is 691 g/mol. The molecular weight excluding hydrogens is 656 g/mol. The molecule has 6 rings (SSSR count). The molecule has 0 bridgehead atoms. The Labute approximate surface area is 274 Å². The van der Waals surface area contributed by atoms with Crippen molar-refractivity contribution < 1.29 is 18.4 Å². The number of aryl methyl sites for hydroxylation is 1. The number of fused-ring (bicyclic) bond motifs is 1. The van der Waals surface area contributed by atoms with E-state index in [9.17, 15) is 23.2 Å². The standard InChI is InChI=1S/C35H34BrF2N5O3/c1-21-15-25(11-14-29(21)36)32(45)41-20-30-28(16-22(41)2)33(46)43(26-12-9-24(10-13-26)31(44)39-3)34(40-30)42(27-17-35(37,38)18-27)19-23-7-5-4-6-8-23/h4-15,22,27H,16-20H2,1-3H3,(H,39,44)/t22-/m0/s1. The molecule has 1 aliphatic carbocycles. The van der Waals surface area contributed by atoms with Crippen molar-refractivity contribution in [2.75, 3.05) is 11.9 Å². The zero-order valence-electron chi connectivity index (χ0n) is 25.8. The number of nitrogens with one attached hydrogen (secondary N) is 1. The van der Waals surface area contributed by atoms with Crippen LogP contribution in [-0.2, 0) is 19.5 Å². The molecule has 11 heteroatoms. The Morgan fingerprint density at radius 2 is 1.72 bits per heavy atom. The number of aromatic nitrogens is 2. The van der Waals surface area contributed by atoms with Crippen LogP contribution < -0.4 is 15.8 Å². The minimum absolute atomic E-state index is 0.100. The van der Waals surface area contributed by atoms with E-state index in [4.69, 9.17) is 4.98 Å². The van der Waals surface area contributed by atoms with Gasteiger partial charge in [0.1, 0.15) is 0 Å². The van der Waals surface area contributed by atoms with Crippen LogP contribution in [0.25, 0.3) is 5.69 Å².